The van der Waals surface area contributed by atoms with Crippen LogP contribution in [-0.4, -0.2) is 42.7 Å². The molecule has 0 saturated carbocycles. The van der Waals surface area contributed by atoms with Crippen LogP contribution in [0.2, 0.25) is 0 Å². The van der Waals surface area contributed by atoms with E-state index in [1.54, 1.807) is 24.2 Å². The van der Waals surface area contributed by atoms with E-state index in [2.05, 4.69) is 10.1 Å². The van der Waals surface area contributed by atoms with Gasteiger partial charge in [-0.3, -0.25) is 18.5 Å². The fourth-order valence-electron chi connectivity index (χ4n) is 3.12. The van der Waals surface area contributed by atoms with Gasteiger partial charge in [-0.25, -0.2) is 9.80 Å². The van der Waals surface area contributed by atoms with E-state index in [1.807, 2.05) is 25.3 Å². The summed E-state index contributed by atoms with van der Waals surface area (Å²) >= 11 is 0. The Morgan fingerprint density at radius 1 is 1.31 bits per heavy atom. The first-order valence-corrected chi connectivity index (χ1v) is 8.68. The number of rotatable bonds is 5. The van der Waals surface area contributed by atoms with E-state index in [1.165, 1.54) is 9.13 Å². The number of aromatic nitrogens is 4. The number of hydrazone groups is 1. The maximum Gasteiger partial charge on any atom is 0.332 e. The highest BCUT2D eigenvalue weighted by Crippen LogP contribution is 2.29. The molecule has 0 aromatic carbocycles. The van der Waals surface area contributed by atoms with Gasteiger partial charge < -0.3 is 5.11 Å². The fourth-order valence-corrected chi connectivity index (χ4v) is 3.12. The maximum absolute atomic E-state index is 13.1. The minimum Gasteiger partial charge on any atom is -0.396 e. The van der Waals surface area contributed by atoms with Crippen molar-refractivity contribution in [3.05, 3.63) is 33.0 Å². The molecule has 0 bridgehead atoms. The van der Waals surface area contributed by atoms with Crippen LogP contribution in [0, 0.1) is 0 Å². The van der Waals surface area contributed by atoms with Gasteiger partial charge in [0.25, 0.3) is 5.56 Å². The van der Waals surface area contributed by atoms with E-state index < -0.39 is 5.69 Å². The molecule has 1 aliphatic heterocycles. The second kappa shape index (κ2) is 6.91. The summed E-state index contributed by atoms with van der Waals surface area (Å²) in [6.45, 7) is 6.42. The molecule has 9 heteroatoms. The third kappa shape index (κ3) is 2.68. The molecule has 9 nitrogen and oxygen atoms in total. The highest BCUT2D eigenvalue weighted by molar-refractivity contribution is 5.91. The maximum atomic E-state index is 13.1. The normalized spacial score (nSPS) is 17.2. The first kappa shape index (κ1) is 18.1. The summed E-state index contributed by atoms with van der Waals surface area (Å²) in [6, 6.07) is -0.152. The predicted molar refractivity (Wildman–Crippen MR) is 101 cm³/mol. The smallest absolute Gasteiger partial charge is 0.332 e. The number of imidazole rings is 1. The number of aliphatic hydroxyl groups is 1. The van der Waals surface area contributed by atoms with Gasteiger partial charge in [-0.15, -0.1) is 0 Å². The Morgan fingerprint density at radius 3 is 2.69 bits per heavy atom. The molecule has 2 aromatic rings. The van der Waals surface area contributed by atoms with Gasteiger partial charge in [-0.05, 0) is 27.2 Å². The average Bonchev–Trinajstić information content (AvgIpc) is 3.03. The van der Waals surface area contributed by atoms with Crippen LogP contribution in [-0.2, 0) is 13.6 Å². The van der Waals surface area contributed by atoms with Gasteiger partial charge in [0.15, 0.2) is 11.2 Å². The average molecular weight is 360 g/mol. The first-order valence-electron chi connectivity index (χ1n) is 8.68. The SMILES string of the molecule is C/C=C/Cn1c(=O)c2c(nc3n2[C@H](C)C(C)=NN3CCCO)n(C)c1=O. The Hall–Kier alpha value is -2.68. The number of hydrogen-bond acceptors (Lipinski definition) is 6. The molecule has 0 amide bonds. The number of anilines is 1. The molecule has 1 N–H and O–H groups in total. The van der Waals surface area contributed by atoms with Crippen molar-refractivity contribution < 1.29 is 5.11 Å². The van der Waals surface area contributed by atoms with Crippen molar-refractivity contribution in [1.82, 2.24) is 18.7 Å². The monoisotopic (exact) mass is 360 g/mol. The summed E-state index contributed by atoms with van der Waals surface area (Å²) in [5, 5.41) is 15.4. The minimum absolute atomic E-state index is 0.0372. The summed E-state index contributed by atoms with van der Waals surface area (Å²) in [6.07, 6.45) is 4.10. The van der Waals surface area contributed by atoms with Crippen molar-refractivity contribution in [2.24, 2.45) is 12.1 Å². The highest BCUT2D eigenvalue weighted by atomic mass is 16.3. The molecule has 1 aliphatic rings. The molecule has 1 atom stereocenters. The zero-order valence-electron chi connectivity index (χ0n) is 15.5. The van der Waals surface area contributed by atoms with Crippen molar-refractivity contribution in [1.29, 1.82) is 0 Å². The lowest BCUT2D eigenvalue weighted by atomic mass is 10.2. The third-order valence-corrected chi connectivity index (χ3v) is 4.71. The second-order valence-electron chi connectivity index (χ2n) is 6.40. The highest BCUT2D eigenvalue weighted by Gasteiger charge is 2.30. The number of aryl methyl sites for hydroxylation is 1. The fraction of sp³-hybridized carbons (Fsp3) is 0.529. The molecule has 0 fully saturated rings. The van der Waals surface area contributed by atoms with Gasteiger partial charge in [-0.2, -0.15) is 10.1 Å². The molecule has 0 radical (unpaired) electrons. The Labute approximate surface area is 150 Å². The number of aliphatic hydroxyl groups excluding tert-OH is 1. The summed E-state index contributed by atoms with van der Waals surface area (Å²) in [5.41, 5.74) is 0.815. The first-order chi connectivity index (χ1) is 12.4. The summed E-state index contributed by atoms with van der Waals surface area (Å²) in [5.74, 6) is 0.516. The van der Waals surface area contributed by atoms with E-state index in [9.17, 15) is 9.59 Å². The van der Waals surface area contributed by atoms with Crippen molar-refractivity contribution in [2.45, 2.75) is 39.8 Å². The molecule has 0 saturated heterocycles. The number of nitrogens with zero attached hydrogens (tertiary/aromatic N) is 6. The van der Waals surface area contributed by atoms with Crippen LogP contribution in [0.15, 0.2) is 26.8 Å². The second-order valence-corrected chi connectivity index (χ2v) is 6.40. The lowest BCUT2D eigenvalue weighted by Gasteiger charge is -2.29. The van der Waals surface area contributed by atoms with Crippen LogP contribution in [0.1, 0.15) is 33.2 Å². The van der Waals surface area contributed by atoms with E-state index in [4.69, 9.17) is 5.11 Å². The van der Waals surface area contributed by atoms with Crippen LogP contribution in [0.3, 0.4) is 0 Å². The predicted octanol–water partition coefficient (Wildman–Crippen LogP) is 0.612. The van der Waals surface area contributed by atoms with E-state index in [0.29, 0.717) is 30.1 Å². The zero-order chi connectivity index (χ0) is 19.0. The number of hydrogen-bond donors (Lipinski definition) is 1. The summed E-state index contributed by atoms with van der Waals surface area (Å²) < 4.78 is 4.45. The molecule has 0 unspecified atom stereocenters. The number of fused-ring (bicyclic) bond motifs is 3. The van der Waals surface area contributed by atoms with Crippen LogP contribution >= 0.6 is 0 Å². The van der Waals surface area contributed by atoms with Crippen molar-refractivity contribution in [3.8, 4) is 0 Å². The van der Waals surface area contributed by atoms with Crippen LogP contribution in [0.25, 0.3) is 11.2 Å². The molecule has 2 aromatic heterocycles. The quantitative estimate of drug-likeness (QED) is 0.788. The van der Waals surface area contributed by atoms with Crippen molar-refractivity contribution >= 4 is 22.8 Å². The topological polar surface area (TPSA) is 97.7 Å². The van der Waals surface area contributed by atoms with Crippen LogP contribution in [0.5, 0.6) is 0 Å². The lowest BCUT2D eigenvalue weighted by Crippen LogP contribution is -2.40. The lowest BCUT2D eigenvalue weighted by molar-refractivity contribution is 0.289. The van der Waals surface area contributed by atoms with Crippen molar-refractivity contribution in [2.75, 3.05) is 18.2 Å². The van der Waals surface area contributed by atoms with E-state index >= 15 is 0 Å². The minimum atomic E-state index is -0.400. The molecule has 140 valence electrons. The Balaban J connectivity index is 2.32. The molecule has 3 rings (SSSR count). The largest absolute Gasteiger partial charge is 0.396 e. The Morgan fingerprint density at radius 2 is 2.04 bits per heavy atom. The van der Waals surface area contributed by atoms with Crippen molar-refractivity contribution in [3.63, 3.8) is 0 Å². The number of allylic oxidation sites excluding steroid dienone is 2. The van der Waals surface area contributed by atoms with E-state index in [-0.39, 0.29) is 24.8 Å². The summed E-state index contributed by atoms with van der Waals surface area (Å²) in [7, 11) is 1.62. The van der Waals surface area contributed by atoms with Crippen LogP contribution in [0.4, 0.5) is 5.95 Å². The molecule has 26 heavy (non-hydrogen) atoms. The van der Waals surface area contributed by atoms with E-state index in [0.717, 1.165) is 5.71 Å². The third-order valence-electron chi connectivity index (χ3n) is 4.71. The molecule has 3 heterocycles. The molecular formula is C17H24N6O3. The van der Waals surface area contributed by atoms with Gasteiger partial charge in [0.1, 0.15) is 0 Å². The van der Waals surface area contributed by atoms with Crippen LogP contribution < -0.4 is 16.3 Å². The molecular weight excluding hydrogens is 336 g/mol. The van der Waals surface area contributed by atoms with Gasteiger partial charge in [0, 0.05) is 26.7 Å². The molecule has 0 aliphatic carbocycles. The molecule has 0 spiro atoms. The van der Waals surface area contributed by atoms with Gasteiger partial charge in [-0.1, -0.05) is 12.2 Å². The Kier molecular flexibility index (Phi) is 4.82. The van der Waals surface area contributed by atoms with Gasteiger partial charge in [0.05, 0.1) is 11.8 Å². The summed E-state index contributed by atoms with van der Waals surface area (Å²) in [4.78, 5) is 30.2. The standard InChI is InChI=1S/C17H24N6O3/c1-5-6-8-21-15(25)13-14(20(4)17(21)26)18-16-22(9-7-10-24)19-11(2)12(3)23(13)16/h5-6,12,24H,7-10H2,1-4H3/b6-5+/t12-/m1/s1. The Bertz CT molecular complexity index is 1010. The van der Waals surface area contributed by atoms with Gasteiger partial charge in [0.2, 0.25) is 5.95 Å². The zero-order valence-corrected chi connectivity index (χ0v) is 15.5. The van der Waals surface area contributed by atoms with Gasteiger partial charge >= 0.3 is 5.69 Å².